The Bertz CT molecular complexity index is 887. The van der Waals surface area contributed by atoms with Crippen molar-refractivity contribution in [3.8, 4) is 22.9 Å². The Balaban J connectivity index is 1.88. The highest BCUT2D eigenvalue weighted by atomic mass is 16.6. The average Bonchev–Trinajstić information content (AvgIpc) is 3.09. The Hall–Kier alpha value is -3.35. The molecule has 2 aromatic heterocycles. The van der Waals surface area contributed by atoms with Crippen LogP contribution in [0.3, 0.4) is 0 Å². The highest BCUT2D eigenvalue weighted by Gasteiger charge is 2.13. The van der Waals surface area contributed by atoms with Crippen LogP contribution in [-0.4, -0.2) is 40.7 Å². The summed E-state index contributed by atoms with van der Waals surface area (Å²) in [4.78, 5) is 23.4. The first-order valence-corrected chi connectivity index (χ1v) is 8.18. The standard InChI is InChI=1S/C19H19N3O4/c1-3-10-25-16-11-13(26-12-17(23)24-4-2)7-8-14(16)18-21-15-6-5-9-20-19(15)22-18/h3,5-9,11H,1,4,10,12H2,2H3,(H,20,21,22). The molecule has 1 N–H and O–H groups in total. The largest absolute Gasteiger partial charge is 0.489 e. The molecule has 7 heteroatoms. The molecule has 0 amide bonds. The van der Waals surface area contributed by atoms with E-state index in [-0.39, 0.29) is 6.61 Å². The van der Waals surface area contributed by atoms with Crippen LogP contribution in [0.1, 0.15) is 6.92 Å². The molecule has 2 heterocycles. The quantitative estimate of drug-likeness (QED) is 0.495. The summed E-state index contributed by atoms with van der Waals surface area (Å²) < 4.78 is 16.1. The third-order valence-electron chi connectivity index (χ3n) is 3.48. The average molecular weight is 353 g/mol. The van der Waals surface area contributed by atoms with E-state index in [4.69, 9.17) is 14.2 Å². The van der Waals surface area contributed by atoms with E-state index in [0.29, 0.717) is 36.2 Å². The van der Waals surface area contributed by atoms with Crippen molar-refractivity contribution < 1.29 is 19.0 Å². The minimum absolute atomic E-state index is 0.164. The zero-order valence-corrected chi connectivity index (χ0v) is 14.4. The van der Waals surface area contributed by atoms with Crippen LogP contribution in [0.15, 0.2) is 49.2 Å². The Morgan fingerprint density at radius 2 is 2.19 bits per heavy atom. The lowest BCUT2D eigenvalue weighted by atomic mass is 10.2. The van der Waals surface area contributed by atoms with Gasteiger partial charge >= 0.3 is 5.97 Å². The predicted octanol–water partition coefficient (Wildman–Crippen LogP) is 3.13. The molecule has 1 aromatic carbocycles. The molecule has 0 unspecified atom stereocenters. The lowest BCUT2D eigenvalue weighted by Gasteiger charge is -2.11. The smallest absolute Gasteiger partial charge is 0.344 e. The van der Waals surface area contributed by atoms with E-state index in [2.05, 4.69) is 21.5 Å². The number of nitrogens with zero attached hydrogens (tertiary/aromatic N) is 2. The SMILES string of the molecule is C=CCOc1cc(OCC(=O)OCC)ccc1-c1nc2ncccc2[nH]1. The molecule has 0 spiro atoms. The highest BCUT2D eigenvalue weighted by Crippen LogP contribution is 2.33. The van der Waals surface area contributed by atoms with Gasteiger partial charge in [0, 0.05) is 12.3 Å². The van der Waals surface area contributed by atoms with E-state index in [0.717, 1.165) is 11.1 Å². The fourth-order valence-corrected chi connectivity index (χ4v) is 2.37. The number of pyridine rings is 1. The van der Waals surface area contributed by atoms with Gasteiger partial charge in [-0.1, -0.05) is 12.7 Å². The summed E-state index contributed by atoms with van der Waals surface area (Å²) in [7, 11) is 0. The van der Waals surface area contributed by atoms with Crippen molar-refractivity contribution in [3.05, 3.63) is 49.2 Å². The molecule has 134 valence electrons. The number of benzene rings is 1. The van der Waals surface area contributed by atoms with Crippen LogP contribution in [0.25, 0.3) is 22.6 Å². The number of ether oxygens (including phenoxy) is 3. The lowest BCUT2D eigenvalue weighted by molar-refractivity contribution is -0.145. The second-order valence-electron chi connectivity index (χ2n) is 5.31. The molecule has 0 bridgehead atoms. The number of hydrogen-bond donors (Lipinski definition) is 1. The van der Waals surface area contributed by atoms with E-state index in [1.54, 1.807) is 31.3 Å². The summed E-state index contributed by atoms with van der Waals surface area (Å²) in [5, 5.41) is 0. The summed E-state index contributed by atoms with van der Waals surface area (Å²) in [6.45, 7) is 5.89. The zero-order chi connectivity index (χ0) is 18.4. The van der Waals surface area contributed by atoms with Crippen molar-refractivity contribution in [2.45, 2.75) is 6.92 Å². The van der Waals surface area contributed by atoms with Gasteiger partial charge in [0.05, 0.1) is 17.7 Å². The summed E-state index contributed by atoms with van der Waals surface area (Å²) >= 11 is 0. The monoisotopic (exact) mass is 353 g/mol. The van der Waals surface area contributed by atoms with Crippen LogP contribution in [0.2, 0.25) is 0 Å². The fraction of sp³-hybridized carbons (Fsp3) is 0.211. The predicted molar refractivity (Wildman–Crippen MR) is 97.1 cm³/mol. The van der Waals surface area contributed by atoms with Crippen LogP contribution in [0.4, 0.5) is 0 Å². The molecular weight excluding hydrogens is 334 g/mol. The van der Waals surface area contributed by atoms with Crippen molar-refractivity contribution in [3.63, 3.8) is 0 Å². The van der Waals surface area contributed by atoms with Gasteiger partial charge in [0.25, 0.3) is 0 Å². The van der Waals surface area contributed by atoms with Gasteiger partial charge in [-0.15, -0.1) is 0 Å². The highest BCUT2D eigenvalue weighted by molar-refractivity contribution is 5.78. The number of rotatable bonds is 8. The number of esters is 1. The number of fused-ring (bicyclic) bond motifs is 1. The molecule has 0 aliphatic carbocycles. The maximum absolute atomic E-state index is 11.4. The number of imidazole rings is 1. The van der Waals surface area contributed by atoms with Gasteiger partial charge in [-0.25, -0.2) is 14.8 Å². The van der Waals surface area contributed by atoms with Crippen molar-refractivity contribution in [1.82, 2.24) is 15.0 Å². The number of carbonyl (C=O) groups excluding carboxylic acids is 1. The molecule has 26 heavy (non-hydrogen) atoms. The Morgan fingerprint density at radius 1 is 1.31 bits per heavy atom. The number of aromatic nitrogens is 3. The topological polar surface area (TPSA) is 86.3 Å². The maximum atomic E-state index is 11.4. The molecule has 0 radical (unpaired) electrons. The molecule has 3 aromatic rings. The third kappa shape index (κ3) is 4.00. The van der Waals surface area contributed by atoms with E-state index in [1.165, 1.54) is 0 Å². The van der Waals surface area contributed by atoms with E-state index in [9.17, 15) is 4.79 Å². The second-order valence-corrected chi connectivity index (χ2v) is 5.31. The number of aromatic amines is 1. The first-order valence-electron chi connectivity index (χ1n) is 8.18. The zero-order valence-electron chi connectivity index (χ0n) is 14.4. The number of hydrogen-bond acceptors (Lipinski definition) is 6. The molecular formula is C19H19N3O4. The van der Waals surface area contributed by atoms with E-state index >= 15 is 0 Å². The van der Waals surface area contributed by atoms with Gasteiger partial charge in [0.2, 0.25) is 0 Å². The normalized spacial score (nSPS) is 10.5. The van der Waals surface area contributed by atoms with Gasteiger partial charge in [-0.05, 0) is 31.2 Å². The second kappa shape index (κ2) is 8.15. The lowest BCUT2D eigenvalue weighted by Crippen LogP contribution is -2.14. The molecule has 0 aliphatic rings. The molecule has 0 fully saturated rings. The van der Waals surface area contributed by atoms with Gasteiger partial charge in [0.1, 0.15) is 23.9 Å². The first-order chi connectivity index (χ1) is 12.7. The molecule has 0 saturated carbocycles. The van der Waals surface area contributed by atoms with Gasteiger partial charge in [0.15, 0.2) is 12.3 Å². The van der Waals surface area contributed by atoms with E-state index in [1.807, 2.05) is 18.2 Å². The number of carbonyl (C=O) groups is 1. The molecule has 7 nitrogen and oxygen atoms in total. The Morgan fingerprint density at radius 3 is 2.96 bits per heavy atom. The molecule has 0 saturated heterocycles. The minimum Gasteiger partial charge on any atom is -0.489 e. The number of H-pyrrole nitrogens is 1. The Kier molecular flexibility index (Phi) is 5.48. The van der Waals surface area contributed by atoms with E-state index < -0.39 is 5.97 Å². The van der Waals surface area contributed by atoms with Crippen LogP contribution >= 0.6 is 0 Å². The van der Waals surface area contributed by atoms with Gasteiger partial charge in [-0.3, -0.25) is 0 Å². The number of nitrogens with one attached hydrogen (secondary N) is 1. The van der Waals surface area contributed by atoms with Crippen molar-refractivity contribution in [2.24, 2.45) is 0 Å². The van der Waals surface area contributed by atoms with Crippen LogP contribution in [-0.2, 0) is 9.53 Å². The Labute approximate surface area is 150 Å². The van der Waals surface area contributed by atoms with Crippen molar-refractivity contribution in [1.29, 1.82) is 0 Å². The summed E-state index contributed by atoms with van der Waals surface area (Å²) in [5.41, 5.74) is 2.22. The van der Waals surface area contributed by atoms with Crippen LogP contribution in [0.5, 0.6) is 11.5 Å². The maximum Gasteiger partial charge on any atom is 0.344 e. The van der Waals surface area contributed by atoms with Crippen LogP contribution < -0.4 is 9.47 Å². The van der Waals surface area contributed by atoms with Crippen molar-refractivity contribution >= 4 is 17.1 Å². The minimum atomic E-state index is -0.423. The van der Waals surface area contributed by atoms with Gasteiger partial charge in [-0.2, -0.15) is 0 Å². The molecule has 3 rings (SSSR count). The van der Waals surface area contributed by atoms with Crippen LogP contribution in [0, 0.1) is 0 Å². The molecule has 0 aliphatic heterocycles. The molecule has 0 atom stereocenters. The van der Waals surface area contributed by atoms with Crippen molar-refractivity contribution in [2.75, 3.05) is 19.8 Å². The summed E-state index contributed by atoms with van der Waals surface area (Å²) in [5.74, 6) is 1.27. The summed E-state index contributed by atoms with van der Waals surface area (Å²) in [6.07, 6.45) is 3.34. The first kappa shape index (κ1) is 17.5. The fourth-order valence-electron chi connectivity index (χ4n) is 2.37. The van der Waals surface area contributed by atoms with Gasteiger partial charge < -0.3 is 19.2 Å². The summed E-state index contributed by atoms with van der Waals surface area (Å²) in [6, 6.07) is 9.01. The third-order valence-corrected chi connectivity index (χ3v) is 3.48.